The summed E-state index contributed by atoms with van der Waals surface area (Å²) in [7, 11) is 0. The van der Waals surface area contributed by atoms with Crippen molar-refractivity contribution in [3.8, 4) is 0 Å². The highest BCUT2D eigenvalue weighted by atomic mass is 35.5. The summed E-state index contributed by atoms with van der Waals surface area (Å²) in [5.74, 6) is -0.584. The van der Waals surface area contributed by atoms with Gasteiger partial charge in [0.1, 0.15) is 6.10 Å². The van der Waals surface area contributed by atoms with Crippen molar-refractivity contribution in [2.75, 3.05) is 12.3 Å². The van der Waals surface area contributed by atoms with Gasteiger partial charge in [-0.25, -0.2) is 0 Å². The van der Waals surface area contributed by atoms with Gasteiger partial charge < -0.3 is 15.4 Å². The Morgan fingerprint density at radius 2 is 1.70 bits per heavy atom. The summed E-state index contributed by atoms with van der Waals surface area (Å²) >= 11 is 12.1. The molecule has 0 saturated heterocycles. The first kappa shape index (κ1) is 19.6. The van der Waals surface area contributed by atoms with Crippen molar-refractivity contribution in [3.63, 3.8) is 0 Å². The van der Waals surface area contributed by atoms with E-state index in [-0.39, 0.29) is 28.2 Å². The number of amides is 1. The van der Waals surface area contributed by atoms with Gasteiger partial charge in [0, 0.05) is 19.4 Å². The molecule has 0 bridgehead atoms. The van der Waals surface area contributed by atoms with E-state index in [9.17, 15) is 9.59 Å². The second-order valence-corrected chi connectivity index (χ2v) is 7.11. The van der Waals surface area contributed by atoms with E-state index in [0.29, 0.717) is 5.56 Å². The van der Waals surface area contributed by atoms with Gasteiger partial charge in [0.25, 0.3) is 0 Å². The fourth-order valence-electron chi connectivity index (χ4n) is 2.24. The van der Waals surface area contributed by atoms with Gasteiger partial charge in [0.05, 0.1) is 22.3 Å². The number of nitrogen functional groups attached to an aromatic ring is 1. The van der Waals surface area contributed by atoms with Crippen molar-refractivity contribution >= 4 is 40.8 Å². The molecule has 1 aromatic rings. The molecule has 0 aromatic heterocycles. The lowest BCUT2D eigenvalue weighted by Gasteiger charge is -2.37. The van der Waals surface area contributed by atoms with Crippen molar-refractivity contribution < 1.29 is 14.3 Å². The molecule has 0 radical (unpaired) electrons. The van der Waals surface area contributed by atoms with Crippen molar-refractivity contribution in [1.82, 2.24) is 4.90 Å². The predicted molar refractivity (Wildman–Crippen MR) is 92.5 cm³/mol. The quantitative estimate of drug-likeness (QED) is 0.654. The lowest BCUT2D eigenvalue weighted by atomic mass is 10.0. The molecule has 0 heterocycles. The Labute approximate surface area is 146 Å². The summed E-state index contributed by atoms with van der Waals surface area (Å²) in [6.07, 6.45) is -0.689. The molecule has 1 unspecified atom stereocenters. The van der Waals surface area contributed by atoms with Crippen molar-refractivity contribution in [3.05, 3.63) is 27.7 Å². The van der Waals surface area contributed by atoms with Gasteiger partial charge in [0.2, 0.25) is 5.91 Å². The molecule has 23 heavy (non-hydrogen) atoms. The average molecular weight is 361 g/mol. The topological polar surface area (TPSA) is 72.6 Å². The Kier molecular flexibility index (Phi) is 6.31. The number of esters is 1. The molecule has 1 atom stereocenters. The third-order valence-corrected chi connectivity index (χ3v) is 3.95. The van der Waals surface area contributed by atoms with E-state index in [2.05, 4.69) is 0 Å². The molecule has 0 aliphatic heterocycles. The number of rotatable bonds is 4. The van der Waals surface area contributed by atoms with E-state index in [0.717, 1.165) is 0 Å². The van der Waals surface area contributed by atoms with Crippen LogP contribution >= 0.6 is 23.2 Å². The lowest BCUT2D eigenvalue weighted by Crippen LogP contribution is -2.47. The summed E-state index contributed by atoms with van der Waals surface area (Å²) in [4.78, 5) is 25.0. The number of anilines is 1. The Morgan fingerprint density at radius 3 is 2.04 bits per heavy atom. The molecule has 1 rings (SSSR count). The first-order valence-corrected chi connectivity index (χ1v) is 7.89. The van der Waals surface area contributed by atoms with Crippen LogP contribution in [0.25, 0.3) is 0 Å². The summed E-state index contributed by atoms with van der Waals surface area (Å²) in [6.45, 7) is 8.68. The van der Waals surface area contributed by atoms with Gasteiger partial charge in [-0.2, -0.15) is 0 Å². The van der Waals surface area contributed by atoms with Crippen LogP contribution in [-0.2, 0) is 14.3 Å². The third kappa shape index (κ3) is 5.29. The number of benzene rings is 1. The molecule has 0 aliphatic carbocycles. The summed E-state index contributed by atoms with van der Waals surface area (Å²) in [5, 5.41) is 0.546. The number of nitrogens with two attached hydrogens (primary N) is 1. The number of halogens is 2. The van der Waals surface area contributed by atoms with E-state index >= 15 is 0 Å². The van der Waals surface area contributed by atoms with Gasteiger partial charge in [-0.1, -0.05) is 23.2 Å². The first-order valence-electron chi connectivity index (χ1n) is 7.13. The van der Waals surface area contributed by atoms with Crippen LogP contribution < -0.4 is 5.73 Å². The van der Waals surface area contributed by atoms with Gasteiger partial charge in [-0.15, -0.1) is 0 Å². The van der Waals surface area contributed by atoms with Gasteiger partial charge >= 0.3 is 5.97 Å². The van der Waals surface area contributed by atoms with Gasteiger partial charge in [-0.05, 0) is 38.5 Å². The number of carbonyl (C=O) groups excluding carboxylic acids is 2. The van der Waals surface area contributed by atoms with Crippen LogP contribution in [0.5, 0.6) is 0 Å². The number of hydrogen-bond acceptors (Lipinski definition) is 4. The van der Waals surface area contributed by atoms with Crippen LogP contribution in [0.4, 0.5) is 5.69 Å². The van der Waals surface area contributed by atoms with E-state index in [1.165, 1.54) is 13.8 Å². The van der Waals surface area contributed by atoms with Crippen molar-refractivity contribution in [2.45, 2.75) is 46.3 Å². The van der Waals surface area contributed by atoms with Crippen molar-refractivity contribution in [1.29, 1.82) is 0 Å². The Bertz CT molecular complexity index is 589. The average Bonchev–Trinajstić information content (AvgIpc) is 2.37. The standard InChI is InChI=1S/C16H22Cl2N2O3/c1-9(21)20(16(3,4)5)8-14(23-10(2)22)11-6-12(17)15(19)13(18)7-11/h6-7,14H,8,19H2,1-5H3. The molecule has 5 nitrogen and oxygen atoms in total. The maximum atomic E-state index is 11.9. The van der Waals surface area contributed by atoms with Gasteiger partial charge in [-0.3, -0.25) is 9.59 Å². The highest BCUT2D eigenvalue weighted by Crippen LogP contribution is 2.33. The SMILES string of the molecule is CC(=O)OC(CN(C(C)=O)C(C)(C)C)c1cc(Cl)c(N)c(Cl)c1. The van der Waals surface area contributed by atoms with Crippen LogP contribution in [0.15, 0.2) is 12.1 Å². The minimum absolute atomic E-state index is 0.123. The molecule has 128 valence electrons. The summed E-state index contributed by atoms with van der Waals surface area (Å²) in [6, 6.07) is 3.19. The maximum absolute atomic E-state index is 11.9. The van der Waals surface area contributed by atoms with E-state index < -0.39 is 17.6 Å². The first-order chi connectivity index (χ1) is 10.4. The lowest BCUT2D eigenvalue weighted by molar-refractivity contribution is -0.152. The third-order valence-electron chi connectivity index (χ3n) is 3.32. The molecular weight excluding hydrogens is 339 g/mol. The molecule has 1 aromatic carbocycles. The highest BCUT2D eigenvalue weighted by Gasteiger charge is 2.29. The predicted octanol–water partition coefficient (Wildman–Crippen LogP) is 3.83. The maximum Gasteiger partial charge on any atom is 0.303 e. The molecule has 0 aliphatic rings. The number of nitrogens with zero attached hydrogens (tertiary/aromatic N) is 1. The van der Waals surface area contributed by atoms with Crippen molar-refractivity contribution in [2.24, 2.45) is 0 Å². The normalized spacial score (nSPS) is 12.7. The molecule has 0 spiro atoms. The molecular formula is C16H22Cl2N2O3. The molecule has 0 saturated carbocycles. The van der Waals surface area contributed by atoms with Gasteiger partial charge in [0.15, 0.2) is 0 Å². The van der Waals surface area contributed by atoms with Crippen LogP contribution in [0, 0.1) is 0 Å². The van der Waals surface area contributed by atoms with Crippen LogP contribution in [0.1, 0.15) is 46.3 Å². The van der Waals surface area contributed by atoms with E-state index in [1.54, 1.807) is 17.0 Å². The number of carbonyl (C=O) groups is 2. The zero-order chi connectivity index (χ0) is 17.9. The number of ether oxygens (including phenoxy) is 1. The molecule has 1 amide bonds. The van der Waals surface area contributed by atoms with Crippen LogP contribution in [0.3, 0.4) is 0 Å². The Morgan fingerprint density at radius 1 is 1.22 bits per heavy atom. The molecule has 0 fully saturated rings. The number of hydrogen-bond donors (Lipinski definition) is 1. The van der Waals surface area contributed by atoms with E-state index in [1.807, 2.05) is 20.8 Å². The van der Waals surface area contributed by atoms with E-state index in [4.69, 9.17) is 33.7 Å². The molecule has 7 heteroatoms. The fourth-order valence-corrected chi connectivity index (χ4v) is 2.75. The highest BCUT2D eigenvalue weighted by molar-refractivity contribution is 6.38. The zero-order valence-electron chi connectivity index (χ0n) is 13.9. The monoisotopic (exact) mass is 360 g/mol. The Hall–Kier alpha value is -1.46. The zero-order valence-corrected chi connectivity index (χ0v) is 15.5. The fraction of sp³-hybridized carbons (Fsp3) is 0.500. The summed E-state index contributed by atoms with van der Waals surface area (Å²) in [5.41, 5.74) is 6.15. The van der Waals surface area contributed by atoms with Crippen LogP contribution in [-0.4, -0.2) is 28.9 Å². The largest absolute Gasteiger partial charge is 0.456 e. The van der Waals surface area contributed by atoms with Crippen LogP contribution in [0.2, 0.25) is 10.0 Å². The summed E-state index contributed by atoms with van der Waals surface area (Å²) < 4.78 is 5.37. The minimum Gasteiger partial charge on any atom is -0.456 e. The second-order valence-electron chi connectivity index (χ2n) is 6.30. The minimum atomic E-state index is -0.689. The smallest absolute Gasteiger partial charge is 0.303 e. The second kappa shape index (κ2) is 7.41. The molecule has 2 N–H and O–H groups in total. The Balaban J connectivity index is 3.24.